The number of hydrogen-bond acceptors (Lipinski definition) is 6. The first-order valence-electron chi connectivity index (χ1n) is 6.43. The maximum atomic E-state index is 12.0. The molecule has 1 aromatic carbocycles. The molecule has 0 saturated heterocycles. The number of aliphatic hydroxyl groups is 1. The van der Waals surface area contributed by atoms with Crippen LogP contribution in [0.3, 0.4) is 0 Å². The van der Waals surface area contributed by atoms with Crippen LogP contribution in [0, 0.1) is 0 Å². The molecule has 0 unspecified atom stereocenters. The molecule has 0 aliphatic carbocycles. The molecule has 2 rings (SSSR count). The van der Waals surface area contributed by atoms with E-state index in [0.29, 0.717) is 17.0 Å². The Labute approximate surface area is 125 Å². The normalized spacial score (nSPS) is 10.5. The zero-order chi connectivity index (χ0) is 16.3. The average molecular weight is 308 g/mol. The fraction of sp³-hybridized carbons (Fsp3) is 0.286. The highest BCUT2D eigenvalue weighted by molar-refractivity contribution is 6.02. The van der Waals surface area contributed by atoms with Crippen molar-refractivity contribution in [2.45, 2.75) is 0 Å². The Kier molecular flexibility index (Phi) is 4.52. The average Bonchev–Trinajstić information content (AvgIpc) is 2.51. The van der Waals surface area contributed by atoms with Gasteiger partial charge in [-0.15, -0.1) is 0 Å². The van der Waals surface area contributed by atoms with Gasteiger partial charge in [-0.1, -0.05) is 0 Å². The van der Waals surface area contributed by atoms with Crippen LogP contribution in [0.2, 0.25) is 0 Å². The lowest BCUT2D eigenvalue weighted by molar-refractivity contribution is 0.0941. The van der Waals surface area contributed by atoms with E-state index in [0.717, 1.165) is 0 Å². The predicted molar refractivity (Wildman–Crippen MR) is 78.8 cm³/mol. The first-order valence-corrected chi connectivity index (χ1v) is 6.43. The van der Waals surface area contributed by atoms with Crippen molar-refractivity contribution in [1.82, 2.24) is 10.3 Å². The van der Waals surface area contributed by atoms with Crippen molar-refractivity contribution in [1.29, 1.82) is 0 Å². The summed E-state index contributed by atoms with van der Waals surface area (Å²) in [6.45, 7) is -0.301. The number of hydrogen-bond donors (Lipinski definition) is 4. The largest absolute Gasteiger partial charge is 0.506 e. The van der Waals surface area contributed by atoms with Crippen LogP contribution < -0.4 is 20.3 Å². The monoisotopic (exact) mass is 308 g/mol. The SMILES string of the molecule is COc1cc2[nH]c(=O)c(C(=O)NCCO)c(O)c2cc1OC. The summed E-state index contributed by atoms with van der Waals surface area (Å²) >= 11 is 0. The molecule has 8 heteroatoms. The van der Waals surface area contributed by atoms with Gasteiger partial charge >= 0.3 is 0 Å². The van der Waals surface area contributed by atoms with Gasteiger partial charge in [-0.3, -0.25) is 9.59 Å². The Morgan fingerprint density at radius 1 is 1.27 bits per heavy atom. The number of rotatable bonds is 5. The van der Waals surface area contributed by atoms with Crippen LogP contribution in [-0.4, -0.2) is 48.5 Å². The smallest absolute Gasteiger partial charge is 0.265 e. The molecule has 1 amide bonds. The topological polar surface area (TPSA) is 121 Å². The number of methoxy groups -OCH3 is 2. The van der Waals surface area contributed by atoms with Crippen molar-refractivity contribution in [2.75, 3.05) is 27.4 Å². The molecule has 1 aromatic heterocycles. The Morgan fingerprint density at radius 3 is 2.50 bits per heavy atom. The number of benzene rings is 1. The molecule has 8 nitrogen and oxygen atoms in total. The lowest BCUT2D eigenvalue weighted by Crippen LogP contribution is -2.31. The van der Waals surface area contributed by atoms with Crippen molar-refractivity contribution in [3.05, 3.63) is 28.0 Å². The Morgan fingerprint density at radius 2 is 1.91 bits per heavy atom. The number of aromatic amines is 1. The summed E-state index contributed by atoms with van der Waals surface area (Å²) in [6.07, 6.45) is 0. The number of fused-ring (bicyclic) bond motifs is 1. The highest BCUT2D eigenvalue weighted by Gasteiger charge is 2.20. The molecule has 1 heterocycles. The van der Waals surface area contributed by atoms with E-state index in [4.69, 9.17) is 14.6 Å². The van der Waals surface area contributed by atoms with Gasteiger partial charge in [-0.2, -0.15) is 0 Å². The molecular formula is C14H16N2O6. The molecule has 0 fully saturated rings. The van der Waals surface area contributed by atoms with E-state index in [1.165, 1.54) is 26.4 Å². The molecule has 118 valence electrons. The minimum Gasteiger partial charge on any atom is -0.506 e. The summed E-state index contributed by atoms with van der Waals surface area (Å²) in [6, 6.07) is 2.95. The van der Waals surface area contributed by atoms with Crippen LogP contribution >= 0.6 is 0 Å². The third-order valence-electron chi connectivity index (χ3n) is 3.12. The fourth-order valence-corrected chi connectivity index (χ4v) is 2.07. The molecule has 0 spiro atoms. The van der Waals surface area contributed by atoms with Gasteiger partial charge < -0.3 is 30.0 Å². The predicted octanol–water partition coefficient (Wildman–Crippen LogP) is -0.0270. The summed E-state index contributed by atoms with van der Waals surface area (Å²) in [5, 5.41) is 21.5. The molecule has 0 bridgehead atoms. The molecule has 22 heavy (non-hydrogen) atoms. The summed E-state index contributed by atoms with van der Waals surface area (Å²) in [7, 11) is 2.87. The summed E-state index contributed by atoms with van der Waals surface area (Å²) < 4.78 is 10.3. The number of aromatic hydroxyl groups is 1. The number of aliphatic hydroxyl groups excluding tert-OH is 1. The van der Waals surface area contributed by atoms with E-state index in [2.05, 4.69) is 10.3 Å². The lowest BCUT2D eigenvalue weighted by Gasteiger charge is -2.11. The van der Waals surface area contributed by atoms with Crippen LogP contribution in [0.4, 0.5) is 0 Å². The van der Waals surface area contributed by atoms with E-state index < -0.39 is 22.8 Å². The van der Waals surface area contributed by atoms with Crippen molar-refractivity contribution < 1.29 is 24.5 Å². The molecular weight excluding hydrogens is 292 g/mol. The molecule has 0 saturated carbocycles. The van der Waals surface area contributed by atoms with E-state index >= 15 is 0 Å². The van der Waals surface area contributed by atoms with Crippen molar-refractivity contribution in [2.24, 2.45) is 0 Å². The Hall–Kier alpha value is -2.74. The number of H-pyrrole nitrogens is 1. The number of nitrogens with one attached hydrogen (secondary N) is 2. The van der Waals surface area contributed by atoms with Gasteiger partial charge in [0.2, 0.25) is 0 Å². The Balaban J connectivity index is 2.66. The van der Waals surface area contributed by atoms with Crippen LogP contribution in [0.25, 0.3) is 10.9 Å². The van der Waals surface area contributed by atoms with Gasteiger partial charge in [0.15, 0.2) is 11.5 Å². The maximum Gasteiger partial charge on any atom is 0.265 e. The summed E-state index contributed by atoms with van der Waals surface area (Å²) in [5.41, 5.74) is -0.861. The number of amides is 1. The van der Waals surface area contributed by atoms with Gasteiger partial charge in [0.25, 0.3) is 11.5 Å². The maximum absolute atomic E-state index is 12.0. The van der Waals surface area contributed by atoms with Crippen molar-refractivity contribution in [3.63, 3.8) is 0 Å². The van der Waals surface area contributed by atoms with Gasteiger partial charge in [0.1, 0.15) is 11.3 Å². The third-order valence-corrected chi connectivity index (χ3v) is 3.12. The first kappa shape index (κ1) is 15.6. The van der Waals surface area contributed by atoms with Crippen molar-refractivity contribution in [3.8, 4) is 17.2 Å². The van der Waals surface area contributed by atoms with Crippen LogP contribution in [0.5, 0.6) is 17.2 Å². The zero-order valence-electron chi connectivity index (χ0n) is 12.1. The number of ether oxygens (including phenoxy) is 2. The van der Waals surface area contributed by atoms with E-state index in [1.807, 2.05) is 0 Å². The van der Waals surface area contributed by atoms with Gasteiger partial charge in [-0.05, 0) is 6.07 Å². The van der Waals surface area contributed by atoms with Gasteiger partial charge in [0.05, 0.1) is 26.3 Å². The molecule has 0 aliphatic heterocycles. The molecule has 0 aliphatic rings. The molecule has 4 N–H and O–H groups in total. The second-order valence-electron chi connectivity index (χ2n) is 4.41. The van der Waals surface area contributed by atoms with Gasteiger partial charge in [-0.25, -0.2) is 0 Å². The third kappa shape index (κ3) is 2.68. The van der Waals surface area contributed by atoms with E-state index in [9.17, 15) is 14.7 Å². The lowest BCUT2D eigenvalue weighted by atomic mass is 10.1. The second kappa shape index (κ2) is 6.35. The van der Waals surface area contributed by atoms with Crippen molar-refractivity contribution >= 4 is 16.8 Å². The quantitative estimate of drug-likeness (QED) is 0.615. The standard InChI is InChI=1S/C14H16N2O6/c1-21-9-5-7-8(6-10(9)22-2)16-14(20)11(12(7)18)13(19)15-3-4-17/h5-6,17H,3-4H2,1-2H3,(H,15,19)(H2,16,18,20). The highest BCUT2D eigenvalue weighted by atomic mass is 16.5. The highest BCUT2D eigenvalue weighted by Crippen LogP contribution is 2.35. The number of carbonyl (C=O) groups is 1. The molecule has 0 radical (unpaired) electrons. The summed E-state index contributed by atoms with van der Waals surface area (Å²) in [4.78, 5) is 26.4. The molecule has 0 atom stereocenters. The fourth-order valence-electron chi connectivity index (χ4n) is 2.07. The minimum absolute atomic E-state index is 0.0261. The zero-order valence-corrected chi connectivity index (χ0v) is 12.1. The second-order valence-corrected chi connectivity index (χ2v) is 4.41. The molecule has 2 aromatic rings. The van der Waals surface area contributed by atoms with Crippen LogP contribution in [0.1, 0.15) is 10.4 Å². The van der Waals surface area contributed by atoms with Crippen LogP contribution in [-0.2, 0) is 0 Å². The number of pyridine rings is 1. The van der Waals surface area contributed by atoms with Gasteiger partial charge in [0, 0.05) is 18.0 Å². The Bertz CT molecular complexity index is 768. The van der Waals surface area contributed by atoms with Crippen LogP contribution in [0.15, 0.2) is 16.9 Å². The minimum atomic E-state index is -0.774. The number of aromatic nitrogens is 1. The first-order chi connectivity index (χ1) is 10.5. The van der Waals surface area contributed by atoms with E-state index in [1.54, 1.807) is 0 Å². The van der Waals surface area contributed by atoms with E-state index in [-0.39, 0.29) is 18.5 Å². The number of carbonyl (C=O) groups excluding carboxylic acids is 1. The summed E-state index contributed by atoms with van der Waals surface area (Å²) in [5.74, 6) is -0.513.